The molecule has 0 aliphatic rings. The lowest BCUT2D eigenvalue weighted by Crippen LogP contribution is -2.12. The van der Waals surface area contributed by atoms with Crippen molar-refractivity contribution in [2.24, 2.45) is 0 Å². The number of aromatic nitrogens is 1. The molecule has 0 aliphatic carbocycles. The molecule has 2 aromatic rings. The lowest BCUT2D eigenvalue weighted by molar-refractivity contribution is -0.384. The second kappa shape index (κ2) is 5.21. The van der Waals surface area contributed by atoms with Gasteiger partial charge in [-0.2, -0.15) is 0 Å². The lowest BCUT2D eigenvalue weighted by Gasteiger charge is -2.03. The lowest BCUT2D eigenvalue weighted by atomic mass is 10.2. The van der Waals surface area contributed by atoms with E-state index in [0.29, 0.717) is 0 Å². The third kappa shape index (κ3) is 3.09. The highest BCUT2D eigenvalue weighted by Crippen LogP contribution is 2.13. The van der Waals surface area contributed by atoms with Crippen LogP contribution in [-0.4, -0.2) is 15.8 Å². The van der Waals surface area contributed by atoms with E-state index in [-0.39, 0.29) is 17.1 Å². The molecule has 0 bridgehead atoms. The first-order valence-corrected chi connectivity index (χ1v) is 5.23. The highest BCUT2D eigenvalue weighted by Gasteiger charge is 2.10. The summed E-state index contributed by atoms with van der Waals surface area (Å²) in [5.74, 6) is -0.785. The van der Waals surface area contributed by atoms with Crippen LogP contribution in [0.4, 0.5) is 15.9 Å². The summed E-state index contributed by atoms with van der Waals surface area (Å²) < 4.78 is 12.6. The average Bonchev–Trinajstić information content (AvgIpc) is 2.41. The Balaban J connectivity index is 2.11. The van der Waals surface area contributed by atoms with Crippen LogP contribution in [0.25, 0.3) is 0 Å². The van der Waals surface area contributed by atoms with Crippen LogP contribution in [0.1, 0.15) is 10.4 Å². The fourth-order valence-electron chi connectivity index (χ4n) is 1.37. The maximum Gasteiger partial charge on any atom is 0.269 e. The fourth-order valence-corrected chi connectivity index (χ4v) is 1.37. The van der Waals surface area contributed by atoms with Crippen molar-refractivity contribution in [2.45, 2.75) is 0 Å². The summed E-state index contributed by atoms with van der Waals surface area (Å²) >= 11 is 0. The van der Waals surface area contributed by atoms with Crippen molar-refractivity contribution in [2.75, 3.05) is 5.32 Å². The number of halogens is 1. The van der Waals surface area contributed by atoms with Gasteiger partial charge in [0.1, 0.15) is 11.6 Å². The molecule has 1 heterocycles. The maximum absolute atomic E-state index is 12.6. The van der Waals surface area contributed by atoms with Crippen LogP contribution in [0.5, 0.6) is 0 Å². The number of non-ortho nitro benzene ring substituents is 1. The predicted octanol–water partition coefficient (Wildman–Crippen LogP) is 2.38. The summed E-state index contributed by atoms with van der Waals surface area (Å²) in [6, 6.07) is 7.60. The zero-order valence-corrected chi connectivity index (χ0v) is 9.54. The predicted molar refractivity (Wildman–Crippen MR) is 65.2 cm³/mol. The van der Waals surface area contributed by atoms with Gasteiger partial charge in [0.15, 0.2) is 0 Å². The Morgan fingerprint density at radius 1 is 1.21 bits per heavy atom. The average molecular weight is 261 g/mol. The van der Waals surface area contributed by atoms with Crippen molar-refractivity contribution in [1.29, 1.82) is 0 Å². The maximum atomic E-state index is 12.6. The monoisotopic (exact) mass is 261 g/mol. The number of amides is 1. The fraction of sp³-hybridized carbons (Fsp3) is 0. The van der Waals surface area contributed by atoms with Crippen molar-refractivity contribution >= 4 is 17.4 Å². The zero-order valence-electron chi connectivity index (χ0n) is 9.54. The minimum Gasteiger partial charge on any atom is -0.307 e. The SMILES string of the molecule is O=C(Nc1ccc(F)cn1)c1ccc([N+](=O)[O-])cc1. The quantitative estimate of drug-likeness (QED) is 0.679. The summed E-state index contributed by atoms with van der Waals surface area (Å²) in [4.78, 5) is 25.4. The number of rotatable bonds is 3. The molecule has 1 aromatic heterocycles. The van der Waals surface area contributed by atoms with Crippen LogP contribution in [0.15, 0.2) is 42.6 Å². The Morgan fingerprint density at radius 3 is 2.42 bits per heavy atom. The summed E-state index contributed by atoms with van der Waals surface area (Å²) in [5.41, 5.74) is 0.146. The first-order chi connectivity index (χ1) is 9.06. The molecule has 19 heavy (non-hydrogen) atoms. The number of carbonyl (C=O) groups is 1. The number of hydrogen-bond acceptors (Lipinski definition) is 4. The van der Waals surface area contributed by atoms with E-state index in [1.165, 1.54) is 36.4 Å². The number of carbonyl (C=O) groups excluding carboxylic acids is 1. The van der Waals surface area contributed by atoms with E-state index in [4.69, 9.17) is 0 Å². The normalized spacial score (nSPS) is 9.95. The highest BCUT2D eigenvalue weighted by atomic mass is 19.1. The molecule has 7 heteroatoms. The van der Waals surface area contributed by atoms with Gasteiger partial charge in [-0.25, -0.2) is 9.37 Å². The molecule has 1 aromatic carbocycles. The van der Waals surface area contributed by atoms with E-state index in [9.17, 15) is 19.3 Å². The van der Waals surface area contributed by atoms with Crippen LogP contribution >= 0.6 is 0 Å². The number of pyridine rings is 1. The van der Waals surface area contributed by atoms with Gasteiger partial charge < -0.3 is 5.32 Å². The van der Waals surface area contributed by atoms with Crippen LogP contribution in [0.2, 0.25) is 0 Å². The van der Waals surface area contributed by atoms with Gasteiger partial charge in [-0.05, 0) is 24.3 Å². The van der Waals surface area contributed by atoms with Crippen LogP contribution in [0, 0.1) is 15.9 Å². The Labute approximate surface area is 107 Å². The number of nitro groups is 1. The Bertz CT molecular complexity index is 611. The van der Waals surface area contributed by atoms with Gasteiger partial charge >= 0.3 is 0 Å². The van der Waals surface area contributed by atoms with Gasteiger partial charge in [0.2, 0.25) is 0 Å². The smallest absolute Gasteiger partial charge is 0.269 e. The number of nitrogens with one attached hydrogen (secondary N) is 1. The molecular formula is C12H8FN3O3. The van der Waals surface area contributed by atoms with Crippen molar-refractivity contribution < 1.29 is 14.1 Å². The third-order valence-corrected chi connectivity index (χ3v) is 2.31. The second-order valence-electron chi connectivity index (χ2n) is 3.62. The molecule has 96 valence electrons. The standard InChI is InChI=1S/C12H8FN3O3/c13-9-3-6-11(14-7-9)15-12(17)8-1-4-10(5-2-8)16(18)19/h1-7H,(H,14,15,17). The molecule has 0 unspecified atom stereocenters. The van der Waals surface area contributed by atoms with Gasteiger partial charge in [-0.1, -0.05) is 0 Å². The molecule has 0 fully saturated rings. The van der Waals surface area contributed by atoms with Crippen molar-refractivity contribution in [3.8, 4) is 0 Å². The summed E-state index contributed by atoms with van der Waals surface area (Å²) in [6.07, 6.45) is 0.978. The molecule has 0 aliphatic heterocycles. The third-order valence-electron chi connectivity index (χ3n) is 2.31. The van der Waals surface area contributed by atoms with Gasteiger partial charge in [-0.15, -0.1) is 0 Å². The van der Waals surface area contributed by atoms with E-state index in [2.05, 4.69) is 10.3 Å². The molecule has 6 nitrogen and oxygen atoms in total. The number of nitro benzene ring substituents is 1. The van der Waals surface area contributed by atoms with Crippen molar-refractivity contribution in [3.05, 3.63) is 64.1 Å². The van der Waals surface area contributed by atoms with Crippen LogP contribution < -0.4 is 5.32 Å². The number of benzene rings is 1. The van der Waals surface area contributed by atoms with Crippen LogP contribution in [-0.2, 0) is 0 Å². The Kier molecular flexibility index (Phi) is 3.46. The van der Waals surface area contributed by atoms with Crippen molar-refractivity contribution in [1.82, 2.24) is 4.98 Å². The molecular weight excluding hydrogens is 253 g/mol. The van der Waals surface area contributed by atoms with Crippen LogP contribution in [0.3, 0.4) is 0 Å². The van der Waals surface area contributed by atoms with E-state index >= 15 is 0 Å². The second-order valence-corrected chi connectivity index (χ2v) is 3.62. The van der Waals surface area contributed by atoms with E-state index < -0.39 is 16.6 Å². The molecule has 0 atom stereocenters. The van der Waals surface area contributed by atoms with Crippen molar-refractivity contribution in [3.63, 3.8) is 0 Å². The van der Waals surface area contributed by atoms with Gasteiger partial charge in [0.25, 0.3) is 11.6 Å². The molecule has 2 rings (SSSR count). The van der Waals surface area contributed by atoms with Gasteiger partial charge in [0, 0.05) is 17.7 Å². The van der Waals surface area contributed by atoms with E-state index in [1.54, 1.807) is 0 Å². The van der Waals surface area contributed by atoms with Gasteiger partial charge in [0.05, 0.1) is 11.1 Å². The summed E-state index contributed by atoms with van der Waals surface area (Å²) in [6.45, 7) is 0. The highest BCUT2D eigenvalue weighted by molar-refractivity contribution is 6.03. The molecule has 0 spiro atoms. The molecule has 0 saturated heterocycles. The molecule has 1 amide bonds. The first kappa shape index (κ1) is 12.6. The number of hydrogen-bond donors (Lipinski definition) is 1. The minimum atomic E-state index is -0.552. The Hall–Kier alpha value is -2.83. The molecule has 1 N–H and O–H groups in total. The number of anilines is 1. The Morgan fingerprint density at radius 2 is 1.89 bits per heavy atom. The summed E-state index contributed by atoms with van der Waals surface area (Å²) in [7, 11) is 0. The topological polar surface area (TPSA) is 85.1 Å². The summed E-state index contributed by atoms with van der Waals surface area (Å²) in [5, 5.41) is 12.9. The largest absolute Gasteiger partial charge is 0.307 e. The zero-order chi connectivity index (χ0) is 13.8. The van der Waals surface area contributed by atoms with E-state index in [1.807, 2.05) is 0 Å². The molecule has 0 saturated carbocycles. The number of nitrogens with zero attached hydrogens (tertiary/aromatic N) is 2. The minimum absolute atomic E-state index is 0.101. The first-order valence-electron chi connectivity index (χ1n) is 5.23. The van der Waals surface area contributed by atoms with E-state index in [0.717, 1.165) is 6.20 Å². The molecule has 0 radical (unpaired) electrons. The van der Waals surface area contributed by atoms with Gasteiger partial charge in [-0.3, -0.25) is 14.9 Å².